The van der Waals surface area contributed by atoms with Crippen LogP contribution in [0.4, 0.5) is 0 Å². The average Bonchev–Trinajstić information content (AvgIpc) is 3.64. The molecule has 1 aliphatic rings. The van der Waals surface area contributed by atoms with E-state index in [1.165, 1.54) is 49.0 Å². The zero-order valence-electron chi connectivity index (χ0n) is 20.5. The summed E-state index contributed by atoms with van der Waals surface area (Å²) in [7, 11) is 0. The first-order valence-corrected chi connectivity index (χ1v) is 12.8. The Morgan fingerprint density at radius 3 is 2.29 bits per heavy atom. The van der Waals surface area contributed by atoms with Crippen molar-refractivity contribution in [3.05, 3.63) is 127 Å². The number of fused-ring (bicyclic) bond motifs is 6. The highest BCUT2D eigenvalue weighted by Gasteiger charge is 2.16. The summed E-state index contributed by atoms with van der Waals surface area (Å²) in [6, 6.07) is 39.4. The average molecular weight is 485 g/mol. The predicted molar refractivity (Wildman–Crippen MR) is 161 cm³/mol. The highest BCUT2D eigenvalue weighted by Crippen LogP contribution is 2.38. The summed E-state index contributed by atoms with van der Waals surface area (Å²) >= 11 is 0. The molecule has 0 atom stereocenters. The fraction of sp³-hybridized carbons (Fsp3) is 0. The maximum atomic E-state index is 4.77. The maximum Gasteiger partial charge on any atom is 0.300 e. The van der Waals surface area contributed by atoms with Crippen molar-refractivity contribution in [3.63, 3.8) is 0 Å². The molecule has 0 aliphatic carbocycles. The van der Waals surface area contributed by atoms with E-state index < -0.39 is 0 Å². The van der Waals surface area contributed by atoms with Crippen LogP contribution in [0.15, 0.2) is 121 Å². The Morgan fingerprint density at radius 2 is 1.42 bits per heavy atom. The van der Waals surface area contributed by atoms with Gasteiger partial charge in [0.05, 0.1) is 22.3 Å². The highest BCUT2D eigenvalue weighted by molar-refractivity contribution is 6.19. The standard InChI is InChI=1S/C35H22N3/c1-2-6-24-20-29(13-9-23(24)5-1)38-34-8-4-3-7-31(34)32-15-10-25-19-26(11-14-30(25)35(32)38)33-16-12-27(22-37-33)28-17-18-36-21-28/h1-22H/q+1. The van der Waals surface area contributed by atoms with Gasteiger partial charge in [0.1, 0.15) is 0 Å². The molecule has 3 heteroatoms. The van der Waals surface area contributed by atoms with Crippen LogP contribution < -0.4 is 4.67 Å². The first-order valence-electron chi connectivity index (χ1n) is 12.8. The quantitative estimate of drug-likeness (QED) is 0.236. The minimum Gasteiger partial charge on any atom is -0.309 e. The lowest BCUT2D eigenvalue weighted by Crippen LogP contribution is -1.95. The van der Waals surface area contributed by atoms with Gasteiger partial charge in [-0.2, -0.15) is 0 Å². The SMILES string of the molecule is C1=[N+]=CC(c2ccc(-c3ccc4c(ccc5c6ccccc6n(-c6ccc7ccccc7c6)c45)c3)nc2)=C1. The van der Waals surface area contributed by atoms with Crippen molar-refractivity contribution in [3.8, 4) is 16.9 Å². The van der Waals surface area contributed by atoms with Crippen molar-refractivity contribution >= 4 is 61.4 Å². The fourth-order valence-corrected chi connectivity index (χ4v) is 5.73. The third-order valence-electron chi connectivity index (χ3n) is 7.59. The molecule has 0 amide bonds. The van der Waals surface area contributed by atoms with Crippen LogP contribution in [0.2, 0.25) is 0 Å². The minimum atomic E-state index is 0.963. The minimum absolute atomic E-state index is 0.963. The third kappa shape index (κ3) is 3.17. The Hall–Kier alpha value is -5.24. The smallest absolute Gasteiger partial charge is 0.300 e. The number of rotatable bonds is 3. The van der Waals surface area contributed by atoms with E-state index in [0.29, 0.717) is 0 Å². The van der Waals surface area contributed by atoms with Crippen LogP contribution in [-0.4, -0.2) is 22.0 Å². The first kappa shape index (κ1) is 20.9. The summed E-state index contributed by atoms with van der Waals surface area (Å²) in [5, 5.41) is 7.45. The summed E-state index contributed by atoms with van der Waals surface area (Å²) in [5.41, 5.74) is 7.86. The van der Waals surface area contributed by atoms with Gasteiger partial charge >= 0.3 is 6.21 Å². The molecule has 7 aromatic rings. The molecule has 8 rings (SSSR count). The van der Waals surface area contributed by atoms with Crippen molar-refractivity contribution in [1.29, 1.82) is 0 Å². The predicted octanol–water partition coefficient (Wildman–Crippen LogP) is 7.76. The molecule has 0 saturated heterocycles. The van der Waals surface area contributed by atoms with Crippen molar-refractivity contribution in [2.24, 2.45) is 0 Å². The van der Waals surface area contributed by atoms with Crippen LogP contribution in [0.3, 0.4) is 0 Å². The molecule has 38 heavy (non-hydrogen) atoms. The van der Waals surface area contributed by atoms with Gasteiger partial charge in [-0.3, -0.25) is 4.98 Å². The second-order valence-corrected chi connectivity index (χ2v) is 9.76. The summed E-state index contributed by atoms with van der Waals surface area (Å²) in [6.45, 7) is 0. The van der Waals surface area contributed by atoms with E-state index in [0.717, 1.165) is 22.4 Å². The summed E-state index contributed by atoms with van der Waals surface area (Å²) in [6.07, 6.45) is 7.61. The van der Waals surface area contributed by atoms with Crippen LogP contribution in [0, 0.1) is 0 Å². The van der Waals surface area contributed by atoms with Gasteiger partial charge < -0.3 is 4.57 Å². The molecular formula is C35H22N3+. The lowest BCUT2D eigenvalue weighted by Gasteiger charge is -2.12. The van der Waals surface area contributed by atoms with Gasteiger partial charge in [0.2, 0.25) is 0 Å². The van der Waals surface area contributed by atoms with Gasteiger partial charge in [-0.15, -0.1) is 4.67 Å². The number of hydrogen-bond donors (Lipinski definition) is 0. The van der Waals surface area contributed by atoms with Gasteiger partial charge in [0.25, 0.3) is 6.21 Å². The van der Waals surface area contributed by atoms with Crippen molar-refractivity contribution in [2.45, 2.75) is 0 Å². The van der Waals surface area contributed by atoms with Gasteiger partial charge in [-0.25, -0.2) is 0 Å². The van der Waals surface area contributed by atoms with Gasteiger partial charge in [-0.05, 0) is 46.5 Å². The van der Waals surface area contributed by atoms with E-state index in [9.17, 15) is 0 Å². The van der Waals surface area contributed by atoms with E-state index >= 15 is 0 Å². The molecule has 2 aromatic heterocycles. The number of allylic oxidation sites excluding steroid dienone is 2. The first-order chi connectivity index (χ1) is 18.8. The topological polar surface area (TPSA) is 31.9 Å². The number of benzene rings is 5. The Balaban J connectivity index is 1.33. The largest absolute Gasteiger partial charge is 0.309 e. The molecule has 0 saturated carbocycles. The molecule has 0 unspecified atom stereocenters. The zero-order chi connectivity index (χ0) is 25.1. The van der Waals surface area contributed by atoms with Crippen LogP contribution in [0.5, 0.6) is 0 Å². The molecule has 0 bridgehead atoms. The van der Waals surface area contributed by atoms with E-state index in [4.69, 9.17) is 4.98 Å². The number of aromatic nitrogens is 2. The third-order valence-corrected chi connectivity index (χ3v) is 7.59. The van der Waals surface area contributed by atoms with Crippen molar-refractivity contribution in [2.75, 3.05) is 0 Å². The van der Waals surface area contributed by atoms with Crippen LogP contribution in [0.25, 0.3) is 65.9 Å². The number of pyridine rings is 1. The van der Waals surface area contributed by atoms with Gasteiger partial charge in [-0.1, -0.05) is 78.9 Å². The Labute approximate surface area is 219 Å². The molecule has 0 radical (unpaired) electrons. The monoisotopic (exact) mass is 484 g/mol. The van der Waals surface area contributed by atoms with E-state index in [1.807, 2.05) is 24.7 Å². The molecule has 0 N–H and O–H groups in total. The summed E-state index contributed by atoms with van der Waals surface area (Å²) in [4.78, 5) is 4.77. The Morgan fingerprint density at radius 1 is 0.605 bits per heavy atom. The normalized spacial score (nSPS) is 12.8. The van der Waals surface area contributed by atoms with E-state index in [-0.39, 0.29) is 0 Å². The molecule has 5 aromatic carbocycles. The Bertz CT molecular complexity index is 2150. The van der Waals surface area contributed by atoms with Crippen LogP contribution in [0.1, 0.15) is 5.56 Å². The number of nitrogens with zero attached hydrogens (tertiary/aromatic N) is 3. The highest BCUT2D eigenvalue weighted by atomic mass is 15.0. The Kier molecular flexibility index (Phi) is 4.48. The second-order valence-electron chi connectivity index (χ2n) is 9.76. The molecule has 3 nitrogen and oxygen atoms in total. The molecule has 176 valence electrons. The number of hydrogen-bond acceptors (Lipinski definition) is 1. The van der Waals surface area contributed by atoms with Crippen molar-refractivity contribution < 1.29 is 0 Å². The maximum absolute atomic E-state index is 4.77. The van der Waals surface area contributed by atoms with Crippen LogP contribution in [-0.2, 0) is 0 Å². The second kappa shape index (κ2) is 8.14. The molecule has 3 heterocycles. The molecule has 0 fully saturated rings. The van der Waals surface area contributed by atoms with Crippen molar-refractivity contribution in [1.82, 2.24) is 14.2 Å². The van der Waals surface area contributed by atoms with E-state index in [2.05, 4.69) is 118 Å². The molecule has 1 aliphatic heterocycles. The molecule has 0 spiro atoms. The lowest BCUT2D eigenvalue weighted by molar-refractivity contribution is 1.19. The number of para-hydroxylation sites is 1. The zero-order valence-corrected chi connectivity index (χ0v) is 20.5. The van der Waals surface area contributed by atoms with Gasteiger partial charge in [0.15, 0.2) is 0 Å². The summed E-state index contributed by atoms with van der Waals surface area (Å²) < 4.78 is 6.58. The fourth-order valence-electron chi connectivity index (χ4n) is 5.73. The lowest BCUT2D eigenvalue weighted by atomic mass is 10.0. The summed E-state index contributed by atoms with van der Waals surface area (Å²) in [5.74, 6) is 0. The van der Waals surface area contributed by atoms with Gasteiger partial charge in [0, 0.05) is 45.2 Å². The molecular weight excluding hydrogens is 462 g/mol. The van der Waals surface area contributed by atoms with E-state index in [1.54, 1.807) is 0 Å². The van der Waals surface area contributed by atoms with Crippen LogP contribution >= 0.6 is 0 Å².